The van der Waals surface area contributed by atoms with Gasteiger partial charge in [-0.05, 0) is 0 Å². The minimum Gasteiger partial charge on any atom is -0.282 e. The van der Waals surface area contributed by atoms with E-state index in [0.717, 1.165) is 0 Å². The van der Waals surface area contributed by atoms with E-state index < -0.39 is 36.8 Å². The number of aryl methyl sites for hydroxylation is 1. The summed E-state index contributed by atoms with van der Waals surface area (Å²) >= 11 is 0. The Morgan fingerprint density at radius 2 is 1.82 bits per heavy atom. The summed E-state index contributed by atoms with van der Waals surface area (Å²) in [5.74, 6) is -2.24. The molecule has 0 unspecified atom stereocenters. The van der Waals surface area contributed by atoms with Crippen LogP contribution < -0.4 is 0 Å². The number of hydrogen-bond donors (Lipinski definition) is 0. The molecule has 0 aliphatic heterocycles. The lowest BCUT2D eigenvalue weighted by Crippen LogP contribution is -2.23. The average Bonchev–Trinajstić information content (AvgIpc) is 2.59. The predicted octanol–water partition coefficient (Wildman–Crippen LogP) is 1.98. The van der Waals surface area contributed by atoms with Crippen LogP contribution in [0.15, 0.2) is 6.20 Å². The summed E-state index contributed by atoms with van der Waals surface area (Å²) in [5.41, 5.74) is -1.03. The molecule has 0 N–H and O–H groups in total. The standard InChI is InChI=1S/C7H5F6N3O/c8-6(9,10)1-2-16-3-4(14-15-16)5(17)7(11,12)13/h3H,1-2H2. The van der Waals surface area contributed by atoms with Crippen molar-refractivity contribution in [1.29, 1.82) is 0 Å². The molecule has 0 atom stereocenters. The van der Waals surface area contributed by atoms with E-state index in [2.05, 4.69) is 10.3 Å². The van der Waals surface area contributed by atoms with Gasteiger partial charge in [-0.3, -0.25) is 9.48 Å². The summed E-state index contributed by atoms with van der Waals surface area (Å²) in [6, 6.07) is 0. The highest BCUT2D eigenvalue weighted by Gasteiger charge is 2.41. The van der Waals surface area contributed by atoms with Gasteiger partial charge in [0.2, 0.25) is 0 Å². The molecular weight excluding hydrogens is 256 g/mol. The third-order valence-corrected chi connectivity index (χ3v) is 1.65. The van der Waals surface area contributed by atoms with E-state index in [1.165, 1.54) is 0 Å². The van der Waals surface area contributed by atoms with Crippen LogP contribution in [0.2, 0.25) is 0 Å². The Kier molecular flexibility index (Phi) is 3.43. The van der Waals surface area contributed by atoms with Crippen LogP contribution >= 0.6 is 0 Å². The molecule has 4 nitrogen and oxygen atoms in total. The van der Waals surface area contributed by atoms with Crippen molar-refractivity contribution in [2.75, 3.05) is 0 Å². The van der Waals surface area contributed by atoms with Gasteiger partial charge in [-0.15, -0.1) is 5.10 Å². The van der Waals surface area contributed by atoms with Gasteiger partial charge >= 0.3 is 12.4 Å². The van der Waals surface area contributed by atoms with Crippen molar-refractivity contribution in [3.8, 4) is 0 Å². The van der Waals surface area contributed by atoms with Crippen molar-refractivity contribution in [3.05, 3.63) is 11.9 Å². The van der Waals surface area contributed by atoms with Crippen LogP contribution in [0.1, 0.15) is 16.9 Å². The first-order chi connectivity index (χ1) is 7.59. The lowest BCUT2D eigenvalue weighted by Gasteiger charge is -2.04. The molecule has 0 radical (unpaired) electrons. The number of carbonyl (C=O) groups is 1. The predicted molar refractivity (Wildman–Crippen MR) is 41.1 cm³/mol. The third kappa shape index (κ3) is 4.04. The lowest BCUT2D eigenvalue weighted by molar-refractivity contribution is -0.137. The smallest absolute Gasteiger partial charge is 0.282 e. The molecule has 17 heavy (non-hydrogen) atoms. The first kappa shape index (κ1) is 13.5. The highest BCUT2D eigenvalue weighted by Crippen LogP contribution is 2.21. The SMILES string of the molecule is O=C(c1cn(CCC(F)(F)F)nn1)C(F)(F)F. The van der Waals surface area contributed by atoms with Crippen LogP contribution in [0.3, 0.4) is 0 Å². The Morgan fingerprint density at radius 3 is 2.29 bits per heavy atom. The van der Waals surface area contributed by atoms with E-state index in [1.807, 2.05) is 0 Å². The Bertz CT molecular complexity index is 406. The molecule has 0 saturated carbocycles. The number of nitrogens with zero attached hydrogens (tertiary/aromatic N) is 3. The molecule has 0 bridgehead atoms. The molecule has 1 aromatic rings. The van der Waals surface area contributed by atoms with E-state index in [1.54, 1.807) is 0 Å². The molecule has 0 aliphatic rings. The number of alkyl halides is 6. The number of hydrogen-bond acceptors (Lipinski definition) is 3. The molecule has 0 saturated heterocycles. The molecule has 0 fully saturated rings. The van der Waals surface area contributed by atoms with Crippen molar-refractivity contribution in [2.45, 2.75) is 25.3 Å². The quantitative estimate of drug-likeness (QED) is 0.617. The number of halogens is 6. The summed E-state index contributed by atoms with van der Waals surface area (Å²) in [7, 11) is 0. The van der Waals surface area contributed by atoms with Gasteiger partial charge in [0.15, 0.2) is 5.69 Å². The zero-order chi connectivity index (χ0) is 13.3. The van der Waals surface area contributed by atoms with Crippen LogP contribution in [0.4, 0.5) is 26.3 Å². The van der Waals surface area contributed by atoms with Gasteiger partial charge in [-0.1, -0.05) is 5.21 Å². The van der Waals surface area contributed by atoms with Gasteiger partial charge in [0.25, 0.3) is 5.78 Å². The molecule has 0 spiro atoms. The van der Waals surface area contributed by atoms with Crippen molar-refractivity contribution < 1.29 is 31.1 Å². The van der Waals surface area contributed by atoms with Gasteiger partial charge in [0, 0.05) is 0 Å². The van der Waals surface area contributed by atoms with Crippen LogP contribution in [-0.2, 0) is 6.54 Å². The number of rotatable bonds is 3. The first-order valence-electron chi connectivity index (χ1n) is 4.18. The fourth-order valence-electron chi connectivity index (χ4n) is 0.898. The average molecular weight is 261 g/mol. The fourth-order valence-corrected chi connectivity index (χ4v) is 0.898. The van der Waals surface area contributed by atoms with Gasteiger partial charge in [0.05, 0.1) is 19.2 Å². The van der Waals surface area contributed by atoms with E-state index in [9.17, 15) is 31.1 Å². The van der Waals surface area contributed by atoms with Crippen molar-refractivity contribution in [1.82, 2.24) is 15.0 Å². The minimum absolute atomic E-state index is 0.529. The van der Waals surface area contributed by atoms with Gasteiger partial charge in [-0.2, -0.15) is 26.3 Å². The summed E-state index contributed by atoms with van der Waals surface area (Å²) in [5, 5.41) is 5.86. The zero-order valence-corrected chi connectivity index (χ0v) is 8.01. The minimum atomic E-state index is -5.12. The highest BCUT2D eigenvalue weighted by atomic mass is 19.4. The lowest BCUT2D eigenvalue weighted by atomic mass is 10.3. The Balaban J connectivity index is 2.69. The summed E-state index contributed by atoms with van der Waals surface area (Å²) < 4.78 is 71.6. The van der Waals surface area contributed by atoms with Crippen LogP contribution in [-0.4, -0.2) is 33.1 Å². The fraction of sp³-hybridized carbons (Fsp3) is 0.571. The monoisotopic (exact) mass is 261 g/mol. The maximum absolute atomic E-state index is 11.9. The van der Waals surface area contributed by atoms with Crippen LogP contribution in [0, 0.1) is 0 Å². The molecular formula is C7H5F6N3O. The van der Waals surface area contributed by atoms with E-state index in [0.29, 0.717) is 10.9 Å². The normalized spacial score (nSPS) is 12.8. The van der Waals surface area contributed by atoms with E-state index >= 15 is 0 Å². The topological polar surface area (TPSA) is 47.8 Å². The number of Topliss-reactive ketones (excluding diaryl/α,β-unsaturated/α-hetero) is 1. The van der Waals surface area contributed by atoms with Crippen molar-refractivity contribution in [2.24, 2.45) is 0 Å². The molecule has 1 rings (SSSR count). The second kappa shape index (κ2) is 4.34. The second-order valence-corrected chi connectivity index (χ2v) is 3.06. The number of ketones is 1. The zero-order valence-electron chi connectivity index (χ0n) is 8.01. The molecule has 1 heterocycles. The van der Waals surface area contributed by atoms with E-state index in [-0.39, 0.29) is 0 Å². The molecule has 10 heteroatoms. The summed E-state index contributed by atoms with van der Waals surface area (Å²) in [6.45, 7) is -0.693. The number of carbonyl (C=O) groups excluding carboxylic acids is 1. The molecule has 0 aliphatic carbocycles. The van der Waals surface area contributed by atoms with Gasteiger partial charge < -0.3 is 0 Å². The third-order valence-electron chi connectivity index (χ3n) is 1.65. The first-order valence-corrected chi connectivity index (χ1v) is 4.18. The summed E-state index contributed by atoms with van der Waals surface area (Å²) in [4.78, 5) is 10.6. The van der Waals surface area contributed by atoms with Crippen molar-refractivity contribution >= 4 is 5.78 Å². The molecule has 1 aromatic heterocycles. The molecule has 0 aromatic carbocycles. The maximum atomic E-state index is 11.9. The Hall–Kier alpha value is -1.61. The van der Waals surface area contributed by atoms with Gasteiger partial charge in [0.1, 0.15) is 0 Å². The van der Waals surface area contributed by atoms with Crippen molar-refractivity contribution in [3.63, 3.8) is 0 Å². The largest absolute Gasteiger partial charge is 0.456 e. The van der Waals surface area contributed by atoms with Crippen LogP contribution in [0.25, 0.3) is 0 Å². The highest BCUT2D eigenvalue weighted by molar-refractivity contribution is 5.98. The number of aromatic nitrogens is 3. The Labute approximate surface area is 90.2 Å². The molecule has 0 amide bonds. The second-order valence-electron chi connectivity index (χ2n) is 3.06. The van der Waals surface area contributed by atoms with Gasteiger partial charge in [-0.25, -0.2) is 0 Å². The molecule has 96 valence electrons. The van der Waals surface area contributed by atoms with Crippen LogP contribution in [0.5, 0.6) is 0 Å². The van der Waals surface area contributed by atoms with E-state index in [4.69, 9.17) is 0 Å². The Morgan fingerprint density at radius 1 is 1.24 bits per heavy atom. The summed E-state index contributed by atoms with van der Waals surface area (Å²) in [6.07, 6.45) is -10.3. The maximum Gasteiger partial charge on any atom is 0.456 e.